The quantitative estimate of drug-likeness (QED) is 0.787. The van der Waals surface area contributed by atoms with Gasteiger partial charge < -0.3 is 10.2 Å². The number of hydrogen-bond donors (Lipinski definition) is 1. The number of hydrogen-bond acceptors (Lipinski definition) is 5. The number of nitrogens with zero attached hydrogens (tertiary/aromatic N) is 4. The first-order valence-electron chi connectivity index (χ1n) is 7.82. The van der Waals surface area contributed by atoms with E-state index in [1.807, 2.05) is 24.3 Å². The lowest BCUT2D eigenvalue weighted by Gasteiger charge is -2.28. The summed E-state index contributed by atoms with van der Waals surface area (Å²) < 4.78 is 0. The van der Waals surface area contributed by atoms with Gasteiger partial charge in [-0.2, -0.15) is 10.1 Å². The van der Waals surface area contributed by atoms with Crippen molar-refractivity contribution in [3.63, 3.8) is 0 Å². The fourth-order valence-corrected chi connectivity index (χ4v) is 3.06. The maximum absolute atomic E-state index is 6.02. The Hall–Kier alpha value is -2.66. The lowest BCUT2D eigenvalue weighted by molar-refractivity contribution is 0.698. The minimum atomic E-state index is 0.636. The highest BCUT2D eigenvalue weighted by Crippen LogP contribution is 2.23. The molecule has 0 spiro atoms. The summed E-state index contributed by atoms with van der Waals surface area (Å²) in [7, 11) is 0. The molecule has 3 aromatic rings. The molecule has 0 aliphatic carbocycles. The molecule has 1 aliphatic rings. The van der Waals surface area contributed by atoms with E-state index in [1.54, 1.807) is 6.20 Å². The van der Waals surface area contributed by atoms with Crippen LogP contribution in [0.25, 0.3) is 0 Å². The molecule has 0 unspecified atom stereocenters. The second-order valence-corrected chi connectivity index (χ2v) is 6.15. The summed E-state index contributed by atoms with van der Waals surface area (Å²) in [6.07, 6.45) is 2.60. The molecule has 120 valence electrons. The molecule has 2 aromatic carbocycles. The molecule has 6 heteroatoms. The summed E-state index contributed by atoms with van der Waals surface area (Å²) in [5.74, 6) is 1.29. The molecule has 0 fully saturated rings. The lowest BCUT2D eigenvalue weighted by atomic mass is 10.0. The van der Waals surface area contributed by atoms with Gasteiger partial charge in [-0.05, 0) is 35.7 Å². The molecule has 0 saturated carbocycles. The molecule has 1 aliphatic heterocycles. The average Bonchev–Trinajstić information content (AvgIpc) is 2.61. The fraction of sp³-hybridized carbons (Fsp3) is 0.167. The van der Waals surface area contributed by atoms with Crippen LogP contribution in [-0.2, 0) is 13.0 Å². The monoisotopic (exact) mass is 337 g/mol. The molecule has 0 bridgehead atoms. The molecular weight excluding hydrogens is 322 g/mol. The third kappa shape index (κ3) is 3.16. The van der Waals surface area contributed by atoms with E-state index in [2.05, 4.69) is 49.7 Å². The molecule has 4 rings (SSSR count). The van der Waals surface area contributed by atoms with Crippen LogP contribution >= 0.6 is 11.6 Å². The van der Waals surface area contributed by atoms with Crippen LogP contribution in [-0.4, -0.2) is 21.7 Å². The van der Waals surface area contributed by atoms with E-state index >= 15 is 0 Å². The number of nitrogens with one attached hydrogen (secondary N) is 1. The Morgan fingerprint density at radius 1 is 1.04 bits per heavy atom. The maximum Gasteiger partial charge on any atom is 0.247 e. The third-order valence-electron chi connectivity index (χ3n) is 4.06. The van der Waals surface area contributed by atoms with Crippen LogP contribution in [0, 0.1) is 0 Å². The Morgan fingerprint density at radius 2 is 1.92 bits per heavy atom. The first-order chi connectivity index (χ1) is 11.8. The van der Waals surface area contributed by atoms with E-state index in [0.29, 0.717) is 16.8 Å². The van der Waals surface area contributed by atoms with Crippen molar-refractivity contribution in [3.8, 4) is 0 Å². The van der Waals surface area contributed by atoms with Gasteiger partial charge in [0.2, 0.25) is 5.95 Å². The number of rotatable bonds is 3. The zero-order valence-electron chi connectivity index (χ0n) is 13.0. The van der Waals surface area contributed by atoms with Crippen LogP contribution in [0.1, 0.15) is 11.1 Å². The van der Waals surface area contributed by atoms with Gasteiger partial charge in [-0.25, -0.2) is 0 Å². The highest BCUT2D eigenvalue weighted by Gasteiger charge is 2.18. The van der Waals surface area contributed by atoms with Crippen molar-refractivity contribution in [2.45, 2.75) is 13.0 Å². The van der Waals surface area contributed by atoms with Gasteiger partial charge in [-0.3, -0.25) is 0 Å². The zero-order chi connectivity index (χ0) is 16.4. The fourth-order valence-electron chi connectivity index (χ4n) is 2.87. The smallest absolute Gasteiger partial charge is 0.247 e. The van der Waals surface area contributed by atoms with Crippen molar-refractivity contribution in [2.75, 3.05) is 16.8 Å². The number of halogens is 1. The molecule has 0 radical (unpaired) electrons. The predicted molar refractivity (Wildman–Crippen MR) is 95.8 cm³/mol. The Morgan fingerprint density at radius 3 is 2.79 bits per heavy atom. The third-order valence-corrected chi connectivity index (χ3v) is 4.29. The average molecular weight is 338 g/mol. The van der Waals surface area contributed by atoms with Crippen LogP contribution in [0.3, 0.4) is 0 Å². The van der Waals surface area contributed by atoms with Gasteiger partial charge in [0, 0.05) is 23.8 Å². The number of benzene rings is 2. The van der Waals surface area contributed by atoms with E-state index in [9.17, 15) is 0 Å². The van der Waals surface area contributed by atoms with Gasteiger partial charge in [0.1, 0.15) is 0 Å². The van der Waals surface area contributed by atoms with E-state index in [4.69, 9.17) is 11.6 Å². The lowest BCUT2D eigenvalue weighted by Crippen LogP contribution is -2.32. The molecule has 0 atom stereocenters. The minimum Gasteiger partial charge on any atom is -0.339 e. The second-order valence-electron chi connectivity index (χ2n) is 5.72. The Bertz CT molecular complexity index is 867. The second kappa shape index (κ2) is 6.45. The molecular formula is C18H16ClN5. The van der Waals surface area contributed by atoms with E-state index < -0.39 is 0 Å². The van der Waals surface area contributed by atoms with Crippen molar-refractivity contribution in [1.82, 2.24) is 15.2 Å². The number of anilines is 3. The topological polar surface area (TPSA) is 53.9 Å². The van der Waals surface area contributed by atoms with Crippen LogP contribution in [0.4, 0.5) is 17.5 Å². The summed E-state index contributed by atoms with van der Waals surface area (Å²) in [6, 6.07) is 16.0. The van der Waals surface area contributed by atoms with Crippen molar-refractivity contribution in [1.29, 1.82) is 0 Å². The predicted octanol–water partition coefficient (Wildman–Crippen LogP) is 3.83. The van der Waals surface area contributed by atoms with Crippen LogP contribution in [0.15, 0.2) is 54.7 Å². The van der Waals surface area contributed by atoms with Crippen molar-refractivity contribution in [3.05, 3.63) is 70.9 Å². The highest BCUT2D eigenvalue weighted by atomic mass is 35.5. The van der Waals surface area contributed by atoms with Crippen LogP contribution < -0.4 is 10.2 Å². The summed E-state index contributed by atoms with van der Waals surface area (Å²) in [5.41, 5.74) is 3.59. The maximum atomic E-state index is 6.02. The summed E-state index contributed by atoms with van der Waals surface area (Å²) in [6.45, 7) is 1.69. The van der Waals surface area contributed by atoms with E-state index in [1.165, 1.54) is 11.1 Å². The molecule has 0 amide bonds. The van der Waals surface area contributed by atoms with Gasteiger partial charge in [0.05, 0.1) is 6.20 Å². The van der Waals surface area contributed by atoms with Gasteiger partial charge >= 0.3 is 0 Å². The van der Waals surface area contributed by atoms with Gasteiger partial charge in [0.25, 0.3) is 0 Å². The van der Waals surface area contributed by atoms with Gasteiger partial charge in [-0.15, -0.1) is 5.10 Å². The molecule has 5 nitrogen and oxygen atoms in total. The van der Waals surface area contributed by atoms with Crippen LogP contribution in [0.5, 0.6) is 0 Å². The van der Waals surface area contributed by atoms with Crippen molar-refractivity contribution >= 4 is 29.1 Å². The van der Waals surface area contributed by atoms with E-state index in [-0.39, 0.29) is 0 Å². The SMILES string of the molecule is Clc1cccc(Nc2cnnc(N3CCc4ccccc4C3)n2)c1. The Balaban J connectivity index is 1.55. The largest absolute Gasteiger partial charge is 0.339 e. The van der Waals surface area contributed by atoms with E-state index in [0.717, 1.165) is 25.2 Å². The normalized spacial score (nSPS) is 13.5. The Kier molecular flexibility index (Phi) is 4.01. The molecule has 0 saturated heterocycles. The Labute approximate surface area is 145 Å². The summed E-state index contributed by atoms with van der Waals surface area (Å²) in [4.78, 5) is 6.74. The minimum absolute atomic E-state index is 0.636. The van der Waals surface area contributed by atoms with Crippen molar-refractivity contribution < 1.29 is 0 Å². The zero-order valence-corrected chi connectivity index (χ0v) is 13.7. The first kappa shape index (κ1) is 14.9. The van der Waals surface area contributed by atoms with Crippen molar-refractivity contribution in [2.24, 2.45) is 0 Å². The molecule has 24 heavy (non-hydrogen) atoms. The van der Waals surface area contributed by atoms with Gasteiger partial charge in [0.15, 0.2) is 5.82 Å². The molecule has 2 heterocycles. The van der Waals surface area contributed by atoms with Gasteiger partial charge in [-0.1, -0.05) is 41.9 Å². The molecule has 1 aromatic heterocycles. The highest BCUT2D eigenvalue weighted by molar-refractivity contribution is 6.30. The number of aromatic nitrogens is 3. The van der Waals surface area contributed by atoms with Crippen LogP contribution in [0.2, 0.25) is 5.02 Å². The standard InChI is InChI=1S/C18H16ClN5/c19-15-6-3-7-16(10-15)21-17-11-20-23-18(22-17)24-9-8-13-4-1-2-5-14(13)12-24/h1-7,10-11H,8-9,12H2,(H,21,22,23). The first-order valence-corrected chi connectivity index (χ1v) is 8.20. The summed E-state index contributed by atoms with van der Waals surface area (Å²) >= 11 is 6.02. The molecule has 1 N–H and O–H groups in total. The summed E-state index contributed by atoms with van der Waals surface area (Å²) in [5, 5.41) is 12.2. The number of fused-ring (bicyclic) bond motifs is 1.